The summed E-state index contributed by atoms with van der Waals surface area (Å²) in [5.41, 5.74) is 1.32. The van der Waals surface area contributed by atoms with Crippen LogP contribution in [0.1, 0.15) is 72.3 Å². The fourth-order valence-corrected chi connectivity index (χ4v) is 5.72. The number of nitrogens with zero attached hydrogens (tertiary/aromatic N) is 4. The molecule has 1 aromatic rings. The third-order valence-corrected chi connectivity index (χ3v) is 8.25. The van der Waals surface area contributed by atoms with Crippen LogP contribution in [0, 0.1) is 12.8 Å². The van der Waals surface area contributed by atoms with E-state index in [1.165, 1.54) is 0 Å². The quantitative estimate of drug-likeness (QED) is 0.427. The van der Waals surface area contributed by atoms with Crippen molar-refractivity contribution in [3.63, 3.8) is 0 Å². The predicted octanol–water partition coefficient (Wildman–Crippen LogP) is 5.35. The number of aryl methyl sites for hydroxylation is 1. The minimum atomic E-state index is -0.499. The second kappa shape index (κ2) is 13.8. The number of anilines is 1. The molecular weight excluding hydrogens is 516 g/mol. The highest BCUT2D eigenvalue weighted by atomic mass is 35.5. The maximum atomic E-state index is 13.7. The number of ether oxygens (including phenoxy) is 1. The molecule has 0 aliphatic carbocycles. The van der Waals surface area contributed by atoms with Crippen molar-refractivity contribution in [2.24, 2.45) is 5.92 Å². The summed E-state index contributed by atoms with van der Waals surface area (Å²) in [5, 5.41) is 0.657. The van der Waals surface area contributed by atoms with E-state index in [0.717, 1.165) is 50.1 Å². The van der Waals surface area contributed by atoms with Gasteiger partial charge in [0.2, 0.25) is 11.8 Å². The molecule has 2 aliphatic heterocycles. The minimum Gasteiger partial charge on any atom is -0.444 e. The summed E-state index contributed by atoms with van der Waals surface area (Å²) in [6, 6.07) is 6.02. The molecule has 1 aromatic carbocycles. The van der Waals surface area contributed by atoms with Crippen molar-refractivity contribution in [3.05, 3.63) is 28.8 Å². The molecule has 0 atom stereocenters. The highest BCUT2D eigenvalue weighted by molar-refractivity contribution is 6.31. The molecule has 2 aliphatic rings. The van der Waals surface area contributed by atoms with Gasteiger partial charge < -0.3 is 24.3 Å². The zero-order valence-corrected chi connectivity index (χ0v) is 25.4. The van der Waals surface area contributed by atoms with Gasteiger partial charge in [-0.3, -0.25) is 9.59 Å². The summed E-state index contributed by atoms with van der Waals surface area (Å²) in [6.45, 7) is 16.5. The summed E-state index contributed by atoms with van der Waals surface area (Å²) in [5.74, 6) is 0.0945. The first-order valence-corrected chi connectivity index (χ1v) is 14.8. The molecule has 0 spiro atoms. The zero-order valence-electron chi connectivity index (χ0n) is 24.7. The number of benzene rings is 1. The van der Waals surface area contributed by atoms with E-state index in [1.54, 1.807) is 6.92 Å². The average Bonchev–Trinajstić information content (AvgIpc) is 2.88. The highest BCUT2D eigenvalue weighted by Crippen LogP contribution is 2.28. The summed E-state index contributed by atoms with van der Waals surface area (Å²) < 4.78 is 5.62. The van der Waals surface area contributed by atoms with Gasteiger partial charge >= 0.3 is 6.09 Å². The Morgan fingerprint density at radius 3 is 2.23 bits per heavy atom. The van der Waals surface area contributed by atoms with Gasteiger partial charge in [-0.05, 0) is 91.0 Å². The van der Waals surface area contributed by atoms with Crippen molar-refractivity contribution in [1.82, 2.24) is 14.7 Å². The molecule has 2 heterocycles. The number of piperidine rings is 2. The number of carbonyl (C=O) groups is 3. The van der Waals surface area contributed by atoms with Gasteiger partial charge in [0.15, 0.2) is 0 Å². The van der Waals surface area contributed by atoms with E-state index in [0.29, 0.717) is 44.0 Å². The van der Waals surface area contributed by atoms with Crippen molar-refractivity contribution >= 4 is 35.2 Å². The number of hydrogen-bond donors (Lipinski definition) is 0. The molecule has 8 nitrogen and oxygen atoms in total. The van der Waals surface area contributed by atoms with Crippen LogP contribution in [0.15, 0.2) is 18.2 Å². The Kier molecular flexibility index (Phi) is 11.1. The maximum absolute atomic E-state index is 13.7. The molecule has 0 unspecified atom stereocenters. The fraction of sp³-hybridized carbons (Fsp3) is 0.700. The Balaban J connectivity index is 1.57. The second-order valence-electron chi connectivity index (χ2n) is 11.9. The smallest absolute Gasteiger partial charge is 0.410 e. The molecule has 0 aromatic heterocycles. The lowest BCUT2D eigenvalue weighted by Crippen LogP contribution is -2.49. The molecular formula is C30H47ClN4O4. The van der Waals surface area contributed by atoms with Gasteiger partial charge in [0.25, 0.3) is 0 Å². The monoisotopic (exact) mass is 562 g/mol. The number of likely N-dealkylation sites (tertiary alicyclic amines) is 2. The Morgan fingerprint density at radius 2 is 1.69 bits per heavy atom. The van der Waals surface area contributed by atoms with Gasteiger partial charge in [0, 0.05) is 68.9 Å². The minimum absolute atomic E-state index is 0.0694. The molecule has 3 rings (SSSR count). The summed E-state index contributed by atoms with van der Waals surface area (Å²) >= 11 is 6.44. The molecule has 218 valence electrons. The number of halogens is 1. The normalized spacial score (nSPS) is 17.7. The molecule has 0 N–H and O–H groups in total. The molecule has 0 bridgehead atoms. The van der Waals surface area contributed by atoms with Crippen LogP contribution in [0.25, 0.3) is 0 Å². The zero-order chi connectivity index (χ0) is 28.7. The summed E-state index contributed by atoms with van der Waals surface area (Å²) in [7, 11) is 0. The second-order valence-corrected chi connectivity index (χ2v) is 12.3. The standard InChI is InChI=1S/C30H47ClN4O4/c1-7-34(29(38)39-30(4,5)6)25-13-17-32(18-14-25)15-8-16-35(26-10-9-22(2)27(31)21-26)28(37)24-11-19-33(20-12-24)23(3)36/h9-10,21,24-25H,7-8,11-20H2,1-6H3. The number of amides is 3. The van der Waals surface area contributed by atoms with Crippen LogP contribution in [0.4, 0.5) is 10.5 Å². The van der Waals surface area contributed by atoms with E-state index in [2.05, 4.69) is 4.90 Å². The van der Waals surface area contributed by atoms with E-state index >= 15 is 0 Å². The molecule has 39 heavy (non-hydrogen) atoms. The van der Waals surface area contributed by atoms with Gasteiger partial charge in [-0.2, -0.15) is 0 Å². The molecule has 2 fully saturated rings. The Hall–Kier alpha value is -2.32. The Labute approximate surface area is 239 Å². The first-order valence-electron chi connectivity index (χ1n) is 14.4. The highest BCUT2D eigenvalue weighted by Gasteiger charge is 2.32. The van der Waals surface area contributed by atoms with Crippen molar-refractivity contribution in [2.75, 3.05) is 50.7 Å². The van der Waals surface area contributed by atoms with Gasteiger partial charge in [-0.15, -0.1) is 0 Å². The van der Waals surface area contributed by atoms with Crippen LogP contribution in [0.2, 0.25) is 5.02 Å². The third kappa shape index (κ3) is 8.84. The van der Waals surface area contributed by atoms with Crippen LogP contribution >= 0.6 is 11.6 Å². The van der Waals surface area contributed by atoms with E-state index in [4.69, 9.17) is 16.3 Å². The summed E-state index contributed by atoms with van der Waals surface area (Å²) in [4.78, 5) is 46.1. The third-order valence-electron chi connectivity index (χ3n) is 7.85. The van der Waals surface area contributed by atoms with E-state index in [1.807, 2.05) is 67.5 Å². The maximum Gasteiger partial charge on any atom is 0.410 e. The predicted molar refractivity (Wildman–Crippen MR) is 156 cm³/mol. The number of rotatable bonds is 8. The van der Waals surface area contributed by atoms with Gasteiger partial charge in [0.1, 0.15) is 5.60 Å². The SMILES string of the molecule is CCN(C(=O)OC(C)(C)C)C1CCN(CCCN(C(=O)C2CCN(C(C)=O)CC2)c2ccc(C)c(Cl)c2)CC1. The fourth-order valence-electron chi connectivity index (χ4n) is 5.54. The van der Waals surface area contributed by atoms with E-state index in [-0.39, 0.29) is 29.9 Å². The van der Waals surface area contributed by atoms with E-state index < -0.39 is 5.60 Å². The Bertz CT molecular complexity index is 995. The molecule has 2 saturated heterocycles. The van der Waals surface area contributed by atoms with Crippen LogP contribution in [-0.4, -0.2) is 90.1 Å². The summed E-state index contributed by atoms with van der Waals surface area (Å²) in [6.07, 6.45) is 3.82. The molecule has 9 heteroatoms. The van der Waals surface area contributed by atoms with Gasteiger partial charge in [-0.25, -0.2) is 4.79 Å². The number of carbonyl (C=O) groups excluding carboxylic acids is 3. The molecule has 0 radical (unpaired) electrons. The lowest BCUT2D eigenvalue weighted by Gasteiger charge is -2.39. The lowest BCUT2D eigenvalue weighted by atomic mass is 9.94. The Morgan fingerprint density at radius 1 is 1.05 bits per heavy atom. The molecule has 3 amide bonds. The first-order chi connectivity index (χ1) is 18.4. The van der Waals surface area contributed by atoms with Crippen molar-refractivity contribution in [2.45, 2.75) is 85.3 Å². The van der Waals surface area contributed by atoms with Crippen molar-refractivity contribution < 1.29 is 19.1 Å². The topological polar surface area (TPSA) is 73.4 Å². The number of hydrogen-bond acceptors (Lipinski definition) is 5. The first kappa shape index (κ1) is 31.2. The molecule has 0 saturated carbocycles. The van der Waals surface area contributed by atoms with Crippen LogP contribution in [0.3, 0.4) is 0 Å². The van der Waals surface area contributed by atoms with E-state index in [9.17, 15) is 14.4 Å². The van der Waals surface area contributed by atoms with Crippen molar-refractivity contribution in [1.29, 1.82) is 0 Å². The average molecular weight is 563 g/mol. The van der Waals surface area contributed by atoms with Gasteiger partial charge in [-0.1, -0.05) is 17.7 Å². The lowest BCUT2D eigenvalue weighted by molar-refractivity contribution is -0.133. The van der Waals surface area contributed by atoms with Crippen LogP contribution < -0.4 is 4.90 Å². The van der Waals surface area contributed by atoms with Crippen LogP contribution in [0.5, 0.6) is 0 Å². The van der Waals surface area contributed by atoms with Crippen molar-refractivity contribution in [3.8, 4) is 0 Å². The van der Waals surface area contributed by atoms with Crippen LogP contribution in [-0.2, 0) is 14.3 Å². The largest absolute Gasteiger partial charge is 0.444 e. The van der Waals surface area contributed by atoms with Gasteiger partial charge in [0.05, 0.1) is 0 Å².